The van der Waals surface area contributed by atoms with E-state index >= 15 is 0 Å². The molecule has 0 bridgehead atoms. The van der Waals surface area contributed by atoms with Crippen LogP contribution in [0.3, 0.4) is 0 Å². The van der Waals surface area contributed by atoms with Crippen LogP contribution in [0.15, 0.2) is 61.2 Å². The van der Waals surface area contributed by atoms with E-state index in [1.54, 1.807) is 47.5 Å². The standard InChI is InChI=1S/C27H23ClFN9/c28-22-12-19(11-21-25(17(13-30)14-34-27(21)22)33-8-7-24-31-9-10-32-24)35-26(16-1-3-18(29)4-2-16)23-15-38(37-36-23)20-5-6-20/h1-4,9-12,14-15,20,26,35H,5-8H2,(H,31,32)(H,33,34)/t26-/m0/s1/i26D. The number of nitriles is 1. The van der Waals surface area contributed by atoms with Gasteiger partial charge in [-0.15, -0.1) is 5.10 Å². The van der Waals surface area contributed by atoms with Crippen molar-refractivity contribution in [3.63, 3.8) is 0 Å². The van der Waals surface area contributed by atoms with E-state index in [2.05, 4.69) is 42.0 Å². The van der Waals surface area contributed by atoms with Crippen LogP contribution in [0, 0.1) is 17.1 Å². The Balaban J connectivity index is 1.40. The molecule has 1 aliphatic rings. The molecule has 0 unspecified atom stereocenters. The molecule has 0 aliphatic heterocycles. The fraction of sp³-hybridized carbons (Fsp3) is 0.222. The third-order valence-corrected chi connectivity index (χ3v) is 6.64. The summed E-state index contributed by atoms with van der Waals surface area (Å²) in [4.78, 5) is 11.7. The van der Waals surface area contributed by atoms with Crippen LogP contribution in [0.4, 0.5) is 15.8 Å². The van der Waals surface area contributed by atoms with Gasteiger partial charge in [-0.1, -0.05) is 28.9 Å². The maximum absolute atomic E-state index is 13.8. The van der Waals surface area contributed by atoms with E-state index in [-0.39, 0.29) is 6.04 Å². The normalized spacial score (nSPS) is 15.0. The number of hydrogen-bond acceptors (Lipinski definition) is 7. The lowest BCUT2D eigenvalue weighted by Gasteiger charge is -2.20. The summed E-state index contributed by atoms with van der Waals surface area (Å²) in [6.45, 7) is 0.513. The summed E-state index contributed by atoms with van der Waals surface area (Å²) in [5, 5.41) is 25.9. The first-order valence-corrected chi connectivity index (χ1v) is 12.5. The van der Waals surface area contributed by atoms with Crippen LogP contribution in [-0.2, 0) is 6.42 Å². The zero-order valence-corrected chi connectivity index (χ0v) is 20.9. The molecule has 1 saturated carbocycles. The molecule has 11 heteroatoms. The van der Waals surface area contributed by atoms with Gasteiger partial charge in [0.15, 0.2) is 0 Å². The third kappa shape index (κ3) is 4.88. The minimum Gasteiger partial charge on any atom is -0.383 e. The van der Waals surface area contributed by atoms with Crippen molar-refractivity contribution in [2.24, 2.45) is 0 Å². The van der Waals surface area contributed by atoms with Gasteiger partial charge < -0.3 is 15.6 Å². The van der Waals surface area contributed by atoms with Crippen LogP contribution in [0.1, 0.15) is 48.9 Å². The van der Waals surface area contributed by atoms with Crippen molar-refractivity contribution < 1.29 is 5.76 Å². The van der Waals surface area contributed by atoms with Crippen molar-refractivity contribution in [3.05, 3.63) is 94.7 Å². The average Bonchev–Trinajstić information content (AvgIpc) is 3.41. The summed E-state index contributed by atoms with van der Waals surface area (Å²) in [7, 11) is 0. The second kappa shape index (κ2) is 10.1. The van der Waals surface area contributed by atoms with E-state index < -0.39 is 11.8 Å². The SMILES string of the molecule is [2H][C@](Nc1cc(Cl)c2ncc(C#N)c(NCCc3ncc[nH]3)c2c1)(c1ccc(F)cc1)c1cn(C2CC2)nn1. The highest BCUT2D eigenvalue weighted by Crippen LogP contribution is 2.37. The Bertz CT molecular complexity index is 1680. The predicted molar refractivity (Wildman–Crippen MR) is 142 cm³/mol. The van der Waals surface area contributed by atoms with Gasteiger partial charge in [0, 0.05) is 42.6 Å². The van der Waals surface area contributed by atoms with Crippen LogP contribution in [0.25, 0.3) is 10.9 Å². The number of fused-ring (bicyclic) bond motifs is 1. The number of imidazole rings is 1. The molecule has 3 heterocycles. The summed E-state index contributed by atoms with van der Waals surface area (Å²) < 4.78 is 25.0. The maximum Gasteiger partial charge on any atom is 0.123 e. The molecular weight excluding hydrogens is 505 g/mol. The molecule has 0 saturated heterocycles. The number of nitrogens with one attached hydrogen (secondary N) is 3. The van der Waals surface area contributed by atoms with Gasteiger partial charge in [-0.05, 0) is 42.7 Å². The number of benzene rings is 2. The van der Waals surface area contributed by atoms with Crippen molar-refractivity contribution in [2.75, 3.05) is 17.2 Å². The number of aromatic amines is 1. The van der Waals surface area contributed by atoms with Crippen molar-refractivity contribution >= 4 is 33.9 Å². The van der Waals surface area contributed by atoms with Crippen molar-refractivity contribution in [1.82, 2.24) is 29.9 Å². The number of anilines is 2. The average molecular weight is 529 g/mol. The lowest BCUT2D eigenvalue weighted by atomic mass is 10.0. The van der Waals surface area contributed by atoms with Crippen LogP contribution in [0.5, 0.6) is 0 Å². The number of halogens is 2. The molecule has 190 valence electrons. The van der Waals surface area contributed by atoms with Gasteiger partial charge in [0.05, 0.1) is 41.4 Å². The summed E-state index contributed by atoms with van der Waals surface area (Å²) in [6.07, 6.45) is 9.33. The van der Waals surface area contributed by atoms with E-state index in [0.717, 1.165) is 18.7 Å². The highest BCUT2D eigenvalue weighted by Gasteiger charge is 2.27. The fourth-order valence-corrected chi connectivity index (χ4v) is 4.57. The van der Waals surface area contributed by atoms with Gasteiger partial charge in [0.25, 0.3) is 0 Å². The van der Waals surface area contributed by atoms with Gasteiger partial charge >= 0.3 is 0 Å². The first kappa shape index (κ1) is 22.7. The van der Waals surface area contributed by atoms with E-state index in [1.807, 2.05) is 0 Å². The van der Waals surface area contributed by atoms with Crippen molar-refractivity contribution in [3.8, 4) is 6.07 Å². The summed E-state index contributed by atoms with van der Waals surface area (Å²) in [5.74, 6) is 0.411. The van der Waals surface area contributed by atoms with Crippen LogP contribution >= 0.6 is 11.6 Å². The number of H-pyrrole nitrogens is 1. The third-order valence-electron chi connectivity index (χ3n) is 6.35. The molecule has 0 spiro atoms. The van der Waals surface area contributed by atoms with Gasteiger partial charge in [0.2, 0.25) is 0 Å². The largest absolute Gasteiger partial charge is 0.383 e. The molecule has 3 N–H and O–H groups in total. The van der Waals surface area contributed by atoms with Gasteiger partial charge in [0.1, 0.15) is 23.4 Å². The molecule has 38 heavy (non-hydrogen) atoms. The summed E-state index contributed by atoms with van der Waals surface area (Å²) in [5.41, 5.74) is 2.79. The maximum atomic E-state index is 13.8. The number of rotatable bonds is 9. The number of hydrogen-bond donors (Lipinski definition) is 3. The molecule has 1 fully saturated rings. The first-order valence-electron chi connectivity index (χ1n) is 12.7. The van der Waals surface area contributed by atoms with E-state index in [0.29, 0.717) is 57.1 Å². The van der Waals surface area contributed by atoms with E-state index in [9.17, 15) is 11.0 Å². The van der Waals surface area contributed by atoms with Gasteiger partial charge in [-0.2, -0.15) is 5.26 Å². The van der Waals surface area contributed by atoms with Crippen molar-refractivity contribution in [1.29, 1.82) is 5.26 Å². The zero-order valence-electron chi connectivity index (χ0n) is 21.1. The fourth-order valence-electron chi connectivity index (χ4n) is 4.30. The molecule has 6 rings (SSSR count). The number of pyridine rings is 1. The Morgan fingerprint density at radius 1 is 1.26 bits per heavy atom. The Kier molecular flexibility index (Phi) is 6.03. The Morgan fingerprint density at radius 3 is 2.84 bits per heavy atom. The van der Waals surface area contributed by atoms with Crippen LogP contribution in [-0.4, -0.2) is 36.5 Å². The molecule has 9 nitrogen and oxygen atoms in total. The Morgan fingerprint density at radius 2 is 2.11 bits per heavy atom. The molecule has 0 amide bonds. The Labute approximate surface area is 224 Å². The quantitative estimate of drug-likeness (QED) is 0.234. The highest BCUT2D eigenvalue weighted by molar-refractivity contribution is 6.35. The minimum atomic E-state index is -1.61. The lowest BCUT2D eigenvalue weighted by Crippen LogP contribution is -2.13. The molecule has 0 radical (unpaired) electrons. The van der Waals surface area contributed by atoms with Crippen LogP contribution in [0.2, 0.25) is 5.02 Å². The molecule has 1 aliphatic carbocycles. The number of nitrogens with zero attached hydrogens (tertiary/aromatic N) is 6. The van der Waals surface area contributed by atoms with Crippen LogP contribution < -0.4 is 10.6 Å². The minimum absolute atomic E-state index is 0.282. The molecule has 3 aromatic heterocycles. The second-order valence-corrected chi connectivity index (χ2v) is 9.45. The molecular formula is C27H23ClFN9. The van der Waals surface area contributed by atoms with Gasteiger partial charge in [-0.3, -0.25) is 4.98 Å². The van der Waals surface area contributed by atoms with E-state index in [4.69, 9.17) is 11.6 Å². The topological polar surface area (TPSA) is 120 Å². The Hall–Kier alpha value is -4.49. The molecule has 5 aromatic rings. The summed E-state index contributed by atoms with van der Waals surface area (Å²) in [6, 6.07) is 10.0. The van der Waals surface area contributed by atoms with Gasteiger partial charge in [-0.25, -0.2) is 14.1 Å². The predicted octanol–water partition coefficient (Wildman–Crippen LogP) is 5.40. The zero-order chi connectivity index (χ0) is 27.0. The smallest absolute Gasteiger partial charge is 0.123 e. The molecule has 2 aromatic carbocycles. The highest BCUT2D eigenvalue weighted by atomic mass is 35.5. The summed E-state index contributed by atoms with van der Waals surface area (Å²) >= 11 is 6.67. The van der Waals surface area contributed by atoms with E-state index in [1.165, 1.54) is 18.3 Å². The first-order chi connectivity index (χ1) is 18.9. The monoisotopic (exact) mass is 528 g/mol. The number of aromatic nitrogens is 6. The van der Waals surface area contributed by atoms with Crippen molar-refractivity contribution in [2.45, 2.75) is 31.3 Å². The lowest BCUT2D eigenvalue weighted by molar-refractivity contribution is 0.610. The second-order valence-electron chi connectivity index (χ2n) is 9.05. The molecule has 1 atom stereocenters.